The maximum absolute atomic E-state index is 13.2. The SMILES string of the molecule is O=C([O-])C[C@@H]1CCN([C@H](CCc2ccccc2)c2ccc(C(F)(F)F)nc2)[C@H](c2ccc(C(F)(F)F)cc2)C1. The van der Waals surface area contributed by atoms with Crippen LogP contribution in [0.25, 0.3) is 0 Å². The van der Waals surface area contributed by atoms with Crippen LogP contribution in [0, 0.1) is 5.92 Å². The van der Waals surface area contributed by atoms with Crippen LogP contribution >= 0.6 is 0 Å². The number of carbonyl (C=O) groups excluding carboxylic acids is 1. The Labute approximate surface area is 222 Å². The number of hydrogen-bond donors (Lipinski definition) is 0. The van der Waals surface area contributed by atoms with Crippen molar-refractivity contribution in [3.8, 4) is 0 Å². The lowest BCUT2D eigenvalue weighted by molar-refractivity contribution is -0.307. The van der Waals surface area contributed by atoms with Gasteiger partial charge in [-0.15, -0.1) is 0 Å². The lowest BCUT2D eigenvalue weighted by Crippen LogP contribution is -2.41. The van der Waals surface area contributed by atoms with Crippen LogP contribution in [-0.2, 0) is 23.6 Å². The molecule has 4 rings (SSSR count). The molecule has 0 unspecified atom stereocenters. The number of halogens is 6. The third-order valence-corrected chi connectivity index (χ3v) is 7.24. The third kappa shape index (κ3) is 7.38. The Hall–Kier alpha value is -3.40. The topological polar surface area (TPSA) is 56.3 Å². The summed E-state index contributed by atoms with van der Waals surface area (Å²) < 4.78 is 79.2. The van der Waals surface area contributed by atoms with Gasteiger partial charge in [0.05, 0.1) is 5.56 Å². The number of aromatic nitrogens is 1. The second-order valence-electron chi connectivity index (χ2n) is 9.85. The third-order valence-electron chi connectivity index (χ3n) is 7.24. The quantitative estimate of drug-likeness (QED) is 0.306. The van der Waals surface area contributed by atoms with E-state index in [1.807, 2.05) is 30.3 Å². The van der Waals surface area contributed by atoms with Gasteiger partial charge in [0.1, 0.15) is 5.69 Å². The Morgan fingerprint density at radius 3 is 2.21 bits per heavy atom. The largest absolute Gasteiger partial charge is 0.550 e. The molecule has 2 aromatic carbocycles. The molecule has 208 valence electrons. The van der Waals surface area contributed by atoms with E-state index in [0.29, 0.717) is 43.4 Å². The first-order valence-electron chi connectivity index (χ1n) is 12.6. The predicted molar refractivity (Wildman–Crippen MR) is 130 cm³/mol. The van der Waals surface area contributed by atoms with Crippen LogP contribution in [-0.4, -0.2) is 22.4 Å². The van der Waals surface area contributed by atoms with Crippen LogP contribution in [0.1, 0.15) is 65.7 Å². The standard InChI is InChI=1S/C29H28F6N2O2/c30-28(31,32)23-10-7-21(8-11-23)25-16-20(17-27(38)39)14-15-37(25)24(12-6-19-4-2-1-3-5-19)22-9-13-26(36-18-22)29(33,34)35/h1-5,7-11,13,18,20,24-25H,6,12,14-17H2,(H,38,39)/p-1/t20-,24-,25+/m1/s1. The molecule has 3 aromatic rings. The molecule has 1 aliphatic rings. The van der Waals surface area contributed by atoms with Gasteiger partial charge < -0.3 is 9.90 Å². The number of carboxylic acids is 1. The molecule has 10 heteroatoms. The van der Waals surface area contributed by atoms with Crippen LogP contribution in [0.4, 0.5) is 26.3 Å². The van der Waals surface area contributed by atoms with E-state index in [-0.39, 0.29) is 12.3 Å². The first kappa shape index (κ1) is 28.6. The van der Waals surface area contributed by atoms with Crippen LogP contribution in [0.15, 0.2) is 72.9 Å². The van der Waals surface area contributed by atoms with Gasteiger partial charge in [0, 0.05) is 24.2 Å². The zero-order chi connectivity index (χ0) is 28.2. The van der Waals surface area contributed by atoms with Crippen LogP contribution in [0.5, 0.6) is 0 Å². The Morgan fingerprint density at radius 1 is 0.949 bits per heavy atom. The summed E-state index contributed by atoms with van der Waals surface area (Å²) in [4.78, 5) is 17.0. The maximum Gasteiger partial charge on any atom is 0.433 e. The van der Waals surface area contributed by atoms with Gasteiger partial charge in [-0.25, -0.2) is 0 Å². The molecule has 2 heterocycles. The average molecular weight is 550 g/mol. The Morgan fingerprint density at radius 2 is 1.64 bits per heavy atom. The van der Waals surface area contributed by atoms with E-state index < -0.39 is 41.7 Å². The number of alkyl halides is 6. The van der Waals surface area contributed by atoms with Crippen LogP contribution in [0.3, 0.4) is 0 Å². The normalized spacial score (nSPS) is 19.5. The van der Waals surface area contributed by atoms with E-state index >= 15 is 0 Å². The van der Waals surface area contributed by atoms with Crippen LogP contribution < -0.4 is 5.11 Å². The van der Waals surface area contributed by atoms with E-state index in [1.165, 1.54) is 24.4 Å². The van der Waals surface area contributed by atoms with Crippen molar-refractivity contribution >= 4 is 5.97 Å². The number of likely N-dealkylation sites (tertiary alicyclic amines) is 1. The van der Waals surface area contributed by atoms with Crippen LogP contribution in [0.2, 0.25) is 0 Å². The fourth-order valence-corrected chi connectivity index (χ4v) is 5.31. The summed E-state index contributed by atoms with van der Waals surface area (Å²) in [6.07, 6.45) is -6.10. The highest BCUT2D eigenvalue weighted by Crippen LogP contribution is 2.43. The summed E-state index contributed by atoms with van der Waals surface area (Å²) in [6.45, 7) is 0.407. The summed E-state index contributed by atoms with van der Waals surface area (Å²) in [5, 5.41) is 11.3. The van der Waals surface area contributed by atoms with Crippen molar-refractivity contribution in [3.05, 3.63) is 101 Å². The molecule has 0 bridgehead atoms. The van der Waals surface area contributed by atoms with E-state index in [1.54, 1.807) is 0 Å². The molecule has 0 N–H and O–H groups in total. The predicted octanol–water partition coefficient (Wildman–Crippen LogP) is 6.39. The zero-order valence-corrected chi connectivity index (χ0v) is 20.9. The summed E-state index contributed by atoms with van der Waals surface area (Å²) in [5.41, 5.74) is 0.345. The summed E-state index contributed by atoms with van der Waals surface area (Å²) in [7, 11) is 0. The first-order chi connectivity index (χ1) is 18.4. The minimum absolute atomic E-state index is 0.179. The highest BCUT2D eigenvalue weighted by molar-refractivity contribution is 5.64. The molecule has 0 amide bonds. The first-order valence-corrected chi connectivity index (χ1v) is 12.6. The van der Waals surface area contributed by atoms with Gasteiger partial charge in [-0.1, -0.05) is 48.5 Å². The summed E-state index contributed by atoms with van der Waals surface area (Å²) >= 11 is 0. The minimum atomic E-state index is -4.59. The number of hydrogen-bond acceptors (Lipinski definition) is 4. The van der Waals surface area contributed by atoms with Crippen molar-refractivity contribution < 1.29 is 36.2 Å². The van der Waals surface area contributed by atoms with Crippen molar-refractivity contribution in [1.82, 2.24) is 9.88 Å². The number of aryl methyl sites for hydroxylation is 1. The van der Waals surface area contributed by atoms with E-state index in [0.717, 1.165) is 23.8 Å². The van der Waals surface area contributed by atoms with E-state index in [4.69, 9.17) is 0 Å². The molecule has 3 atom stereocenters. The number of benzene rings is 2. The van der Waals surface area contributed by atoms with Gasteiger partial charge in [0.25, 0.3) is 0 Å². The molecule has 1 aromatic heterocycles. The molecule has 0 aliphatic carbocycles. The van der Waals surface area contributed by atoms with Gasteiger partial charge in [-0.3, -0.25) is 9.88 Å². The molecule has 4 nitrogen and oxygen atoms in total. The highest BCUT2D eigenvalue weighted by atomic mass is 19.4. The number of rotatable bonds is 8. The summed E-state index contributed by atoms with van der Waals surface area (Å²) in [5.74, 6) is -1.45. The Balaban J connectivity index is 1.70. The van der Waals surface area contributed by atoms with Gasteiger partial charge in [0.2, 0.25) is 0 Å². The van der Waals surface area contributed by atoms with Crippen molar-refractivity contribution in [1.29, 1.82) is 0 Å². The van der Waals surface area contributed by atoms with Crippen molar-refractivity contribution in [2.75, 3.05) is 6.54 Å². The second kappa shape index (κ2) is 11.8. The monoisotopic (exact) mass is 549 g/mol. The molecule has 1 fully saturated rings. The Kier molecular flexibility index (Phi) is 8.64. The smallest absolute Gasteiger partial charge is 0.433 e. The highest BCUT2D eigenvalue weighted by Gasteiger charge is 2.37. The maximum atomic E-state index is 13.2. The molecule has 39 heavy (non-hydrogen) atoms. The van der Waals surface area contributed by atoms with E-state index in [9.17, 15) is 36.2 Å². The number of pyridine rings is 1. The number of piperidine rings is 1. The molecule has 0 saturated carbocycles. The minimum Gasteiger partial charge on any atom is -0.550 e. The molecule has 0 spiro atoms. The second-order valence-corrected chi connectivity index (χ2v) is 9.85. The van der Waals surface area contributed by atoms with Gasteiger partial charge in [-0.05, 0) is 79.5 Å². The fraction of sp³-hybridized carbons (Fsp3) is 0.379. The molecule has 1 aliphatic heterocycles. The molecule has 0 radical (unpaired) electrons. The fourth-order valence-electron chi connectivity index (χ4n) is 5.31. The number of carboxylic acid groups (broad SMARTS) is 1. The lowest BCUT2D eigenvalue weighted by atomic mass is 9.82. The number of aliphatic carboxylic acids is 1. The number of carbonyl (C=O) groups is 1. The van der Waals surface area contributed by atoms with Crippen molar-refractivity contribution in [3.63, 3.8) is 0 Å². The van der Waals surface area contributed by atoms with E-state index in [2.05, 4.69) is 9.88 Å². The Bertz CT molecular complexity index is 1230. The summed E-state index contributed by atoms with van der Waals surface area (Å²) in [6, 6.07) is 15.8. The van der Waals surface area contributed by atoms with Gasteiger partial charge in [-0.2, -0.15) is 26.3 Å². The average Bonchev–Trinajstić information content (AvgIpc) is 2.89. The van der Waals surface area contributed by atoms with Gasteiger partial charge in [0.15, 0.2) is 0 Å². The number of nitrogens with zero attached hydrogens (tertiary/aromatic N) is 2. The lowest BCUT2D eigenvalue weighted by Gasteiger charge is -2.44. The van der Waals surface area contributed by atoms with Gasteiger partial charge >= 0.3 is 12.4 Å². The zero-order valence-electron chi connectivity index (χ0n) is 20.9. The molecular formula is C29H27F6N2O2-. The molecular weight excluding hydrogens is 522 g/mol. The molecule has 1 saturated heterocycles. The van der Waals surface area contributed by atoms with Crippen molar-refractivity contribution in [2.24, 2.45) is 5.92 Å². The van der Waals surface area contributed by atoms with Crippen molar-refractivity contribution in [2.45, 2.75) is 56.5 Å².